The fourth-order valence-corrected chi connectivity index (χ4v) is 3.44. The van der Waals surface area contributed by atoms with Crippen molar-refractivity contribution in [2.24, 2.45) is 5.10 Å². The van der Waals surface area contributed by atoms with E-state index in [9.17, 15) is 13.2 Å². The van der Waals surface area contributed by atoms with Gasteiger partial charge in [-0.25, -0.2) is 0 Å². The zero-order valence-corrected chi connectivity index (χ0v) is 15.3. The van der Waals surface area contributed by atoms with Gasteiger partial charge in [0.1, 0.15) is 10.8 Å². The van der Waals surface area contributed by atoms with Gasteiger partial charge < -0.3 is 4.74 Å². The smallest absolute Gasteiger partial charge is 0.416 e. The van der Waals surface area contributed by atoms with Crippen molar-refractivity contribution in [2.45, 2.75) is 6.18 Å². The molecule has 1 aliphatic rings. The molecule has 0 fully saturated rings. The van der Waals surface area contributed by atoms with E-state index >= 15 is 0 Å². The standard InChI is InChI=1S/C20H17F3N2OS/c1-3-11-25-18(14-7-9-17(26-2)10-8-14)13-27-19(24-25)15-5-4-6-16(12-15)20(21,22)23/h3-10,12-13H,1,11H2,2H3. The Hall–Kier alpha value is -2.67. The predicted molar refractivity (Wildman–Crippen MR) is 103 cm³/mol. The molecule has 7 heteroatoms. The molecule has 3 rings (SSSR count). The van der Waals surface area contributed by atoms with Gasteiger partial charge in [-0.15, -0.1) is 6.58 Å². The van der Waals surface area contributed by atoms with E-state index in [0.29, 0.717) is 17.2 Å². The van der Waals surface area contributed by atoms with Gasteiger partial charge in [0.15, 0.2) is 0 Å². The predicted octanol–water partition coefficient (Wildman–Crippen LogP) is 5.61. The lowest BCUT2D eigenvalue weighted by atomic mass is 10.1. The molecule has 3 nitrogen and oxygen atoms in total. The molecule has 0 amide bonds. The van der Waals surface area contributed by atoms with Crippen LogP contribution in [0.1, 0.15) is 16.7 Å². The van der Waals surface area contributed by atoms with Crippen molar-refractivity contribution >= 4 is 22.5 Å². The molecule has 0 aromatic heterocycles. The summed E-state index contributed by atoms with van der Waals surface area (Å²) in [6, 6.07) is 12.7. The number of thioether (sulfide) groups is 1. The Labute approximate surface area is 159 Å². The molecule has 140 valence electrons. The molecular formula is C20H17F3N2OS. The lowest BCUT2D eigenvalue weighted by Crippen LogP contribution is -2.21. The van der Waals surface area contributed by atoms with Crippen LogP contribution in [0.3, 0.4) is 0 Å². The summed E-state index contributed by atoms with van der Waals surface area (Å²) in [7, 11) is 1.60. The number of halogens is 3. The minimum absolute atomic E-state index is 0.425. The van der Waals surface area contributed by atoms with Crippen LogP contribution in [0.5, 0.6) is 5.75 Å². The second kappa shape index (κ2) is 7.92. The molecule has 27 heavy (non-hydrogen) atoms. The van der Waals surface area contributed by atoms with Crippen LogP contribution < -0.4 is 4.74 Å². The number of hydrogen-bond acceptors (Lipinski definition) is 4. The van der Waals surface area contributed by atoms with Crippen molar-refractivity contribution in [3.63, 3.8) is 0 Å². The summed E-state index contributed by atoms with van der Waals surface area (Å²) in [6.07, 6.45) is -2.69. The monoisotopic (exact) mass is 390 g/mol. The molecule has 0 unspecified atom stereocenters. The summed E-state index contributed by atoms with van der Waals surface area (Å²) in [5, 5.41) is 8.65. The molecule has 0 saturated carbocycles. The number of nitrogens with zero attached hydrogens (tertiary/aromatic N) is 2. The van der Waals surface area contributed by atoms with Crippen LogP contribution in [0.2, 0.25) is 0 Å². The highest BCUT2D eigenvalue weighted by molar-refractivity contribution is 8.17. The van der Waals surface area contributed by atoms with Crippen LogP contribution in [0.4, 0.5) is 13.2 Å². The average molecular weight is 390 g/mol. The second-order valence-electron chi connectivity index (χ2n) is 5.70. The summed E-state index contributed by atoms with van der Waals surface area (Å²) < 4.78 is 44.1. The van der Waals surface area contributed by atoms with E-state index in [1.807, 2.05) is 29.7 Å². The maximum absolute atomic E-state index is 13.0. The average Bonchev–Trinajstić information content (AvgIpc) is 2.68. The van der Waals surface area contributed by atoms with Gasteiger partial charge in [0.05, 0.1) is 24.9 Å². The fourth-order valence-electron chi connectivity index (χ4n) is 2.55. The summed E-state index contributed by atoms with van der Waals surface area (Å²) in [6.45, 7) is 4.17. The number of hydrazone groups is 1. The third-order valence-corrected chi connectivity index (χ3v) is 4.78. The third kappa shape index (κ3) is 4.36. The molecule has 0 bridgehead atoms. The van der Waals surface area contributed by atoms with Gasteiger partial charge in [-0.05, 0) is 36.4 Å². The molecule has 2 aromatic carbocycles. The van der Waals surface area contributed by atoms with Gasteiger partial charge in [-0.1, -0.05) is 30.0 Å². The first kappa shape index (κ1) is 19.1. The van der Waals surface area contributed by atoms with Gasteiger partial charge >= 0.3 is 6.18 Å². The van der Waals surface area contributed by atoms with E-state index in [1.54, 1.807) is 24.3 Å². The summed E-state index contributed by atoms with van der Waals surface area (Å²) in [4.78, 5) is 0. The first-order valence-electron chi connectivity index (χ1n) is 8.08. The van der Waals surface area contributed by atoms with Gasteiger partial charge in [0.25, 0.3) is 0 Å². The Bertz CT molecular complexity index is 889. The zero-order valence-electron chi connectivity index (χ0n) is 14.5. The SMILES string of the molecule is C=CCN1N=C(c2cccc(C(F)(F)F)c2)SC=C1c1ccc(OC)cc1. The minimum Gasteiger partial charge on any atom is -0.497 e. The van der Waals surface area contributed by atoms with Crippen molar-refractivity contribution in [1.29, 1.82) is 0 Å². The Balaban J connectivity index is 1.91. The van der Waals surface area contributed by atoms with Gasteiger partial charge in [-0.2, -0.15) is 18.3 Å². The number of ether oxygens (including phenoxy) is 1. The number of benzene rings is 2. The third-order valence-electron chi connectivity index (χ3n) is 3.90. The van der Waals surface area contributed by atoms with Gasteiger partial charge in [-0.3, -0.25) is 5.01 Å². The van der Waals surface area contributed by atoms with Crippen molar-refractivity contribution in [2.75, 3.05) is 13.7 Å². The van der Waals surface area contributed by atoms with Crippen LogP contribution in [-0.4, -0.2) is 23.7 Å². The molecule has 0 saturated heterocycles. The highest BCUT2D eigenvalue weighted by Gasteiger charge is 2.31. The summed E-state index contributed by atoms with van der Waals surface area (Å²) in [5.41, 5.74) is 1.51. The number of rotatable bonds is 5. The first-order chi connectivity index (χ1) is 12.9. The molecule has 0 N–H and O–H groups in total. The van der Waals surface area contributed by atoms with Crippen LogP contribution in [0, 0.1) is 0 Å². The summed E-state index contributed by atoms with van der Waals surface area (Å²) in [5.74, 6) is 0.742. The van der Waals surface area contributed by atoms with Crippen molar-refractivity contribution in [3.05, 3.63) is 83.3 Å². The first-order valence-corrected chi connectivity index (χ1v) is 8.96. The van der Waals surface area contributed by atoms with Crippen molar-refractivity contribution in [3.8, 4) is 5.75 Å². The van der Waals surface area contributed by atoms with E-state index in [1.165, 1.54) is 17.8 Å². The molecule has 1 heterocycles. The van der Waals surface area contributed by atoms with Crippen LogP contribution >= 0.6 is 11.8 Å². The fraction of sp³-hybridized carbons (Fsp3) is 0.150. The number of hydrogen-bond donors (Lipinski definition) is 0. The molecule has 1 aliphatic heterocycles. The Kier molecular flexibility index (Phi) is 5.60. The van der Waals surface area contributed by atoms with E-state index in [2.05, 4.69) is 11.7 Å². The lowest BCUT2D eigenvalue weighted by Gasteiger charge is -2.26. The molecule has 0 radical (unpaired) electrons. The minimum atomic E-state index is -4.39. The van der Waals surface area contributed by atoms with Crippen molar-refractivity contribution < 1.29 is 17.9 Å². The zero-order chi connectivity index (χ0) is 19.4. The molecule has 0 aliphatic carbocycles. The van der Waals surface area contributed by atoms with E-state index < -0.39 is 11.7 Å². The maximum atomic E-state index is 13.0. The molecular weight excluding hydrogens is 373 g/mol. The Morgan fingerprint density at radius 2 is 1.89 bits per heavy atom. The van der Waals surface area contributed by atoms with Crippen LogP contribution in [-0.2, 0) is 6.18 Å². The Morgan fingerprint density at radius 3 is 2.52 bits per heavy atom. The normalized spacial score (nSPS) is 14.4. The molecule has 2 aromatic rings. The highest BCUT2D eigenvalue weighted by Crippen LogP contribution is 2.34. The molecule has 0 spiro atoms. The second-order valence-corrected chi connectivity index (χ2v) is 6.56. The van der Waals surface area contributed by atoms with Crippen molar-refractivity contribution in [1.82, 2.24) is 5.01 Å². The molecule has 0 atom stereocenters. The van der Waals surface area contributed by atoms with Gasteiger partial charge in [0.2, 0.25) is 0 Å². The number of alkyl halides is 3. The number of methoxy groups -OCH3 is 1. The van der Waals surface area contributed by atoms with Crippen LogP contribution in [0.25, 0.3) is 5.70 Å². The van der Waals surface area contributed by atoms with E-state index in [-0.39, 0.29) is 0 Å². The quantitative estimate of drug-likeness (QED) is 0.621. The van der Waals surface area contributed by atoms with E-state index in [0.717, 1.165) is 29.1 Å². The Morgan fingerprint density at radius 1 is 1.15 bits per heavy atom. The van der Waals surface area contributed by atoms with Crippen LogP contribution in [0.15, 0.2) is 71.7 Å². The lowest BCUT2D eigenvalue weighted by molar-refractivity contribution is -0.137. The summed E-state index contributed by atoms with van der Waals surface area (Å²) >= 11 is 1.29. The van der Waals surface area contributed by atoms with Gasteiger partial charge in [0, 0.05) is 16.5 Å². The largest absolute Gasteiger partial charge is 0.497 e. The topological polar surface area (TPSA) is 24.8 Å². The maximum Gasteiger partial charge on any atom is 0.416 e. The highest BCUT2D eigenvalue weighted by atomic mass is 32.2. The van der Waals surface area contributed by atoms with E-state index in [4.69, 9.17) is 4.74 Å².